The summed E-state index contributed by atoms with van der Waals surface area (Å²) >= 11 is 0. The molecule has 4 nitrogen and oxygen atoms in total. The van der Waals surface area contributed by atoms with Crippen LogP contribution in [0.3, 0.4) is 0 Å². The van der Waals surface area contributed by atoms with Gasteiger partial charge in [-0.2, -0.15) is 0 Å². The molecule has 4 rings (SSSR count). The number of rotatable bonds is 2. The molecule has 2 aromatic rings. The van der Waals surface area contributed by atoms with Gasteiger partial charge in [-0.3, -0.25) is 9.10 Å². The van der Waals surface area contributed by atoms with Crippen LogP contribution in [0.25, 0.3) is 0 Å². The molecule has 26 heavy (non-hydrogen) atoms. The van der Waals surface area contributed by atoms with E-state index < -0.39 is 10.0 Å². The molecular formula is C21H23NO3S. The highest BCUT2D eigenvalue weighted by Crippen LogP contribution is 2.57. The lowest BCUT2D eigenvalue weighted by atomic mass is 9.56. The number of fused-ring (bicyclic) bond motifs is 3. The molecule has 5 heteroatoms. The van der Waals surface area contributed by atoms with Crippen molar-refractivity contribution < 1.29 is 13.2 Å². The molecule has 1 saturated carbocycles. The third kappa shape index (κ3) is 2.33. The molecule has 1 fully saturated rings. The van der Waals surface area contributed by atoms with E-state index in [1.807, 2.05) is 52.0 Å². The van der Waals surface area contributed by atoms with Gasteiger partial charge in [0.15, 0.2) is 0 Å². The highest BCUT2D eigenvalue weighted by molar-refractivity contribution is 7.92. The van der Waals surface area contributed by atoms with E-state index in [1.54, 1.807) is 12.1 Å². The van der Waals surface area contributed by atoms with Crippen molar-refractivity contribution in [3.63, 3.8) is 0 Å². The van der Waals surface area contributed by atoms with Gasteiger partial charge in [-0.15, -0.1) is 0 Å². The molecule has 0 spiro atoms. The number of Topliss-reactive ketones (excluding diaryl/α,β-unsaturated/α-hetero) is 1. The summed E-state index contributed by atoms with van der Waals surface area (Å²) in [5, 5.41) is 0. The van der Waals surface area contributed by atoms with Gasteiger partial charge in [-0.1, -0.05) is 30.7 Å². The Balaban J connectivity index is 1.91. The third-order valence-electron chi connectivity index (χ3n) is 5.93. The van der Waals surface area contributed by atoms with Gasteiger partial charge in [-0.25, -0.2) is 8.42 Å². The second kappa shape index (κ2) is 5.43. The summed E-state index contributed by atoms with van der Waals surface area (Å²) in [6.45, 7) is 8.28. The number of ketones is 1. The van der Waals surface area contributed by atoms with Crippen molar-refractivity contribution >= 4 is 21.5 Å². The molecule has 0 bridgehead atoms. The maximum atomic E-state index is 13.4. The van der Waals surface area contributed by atoms with Crippen molar-refractivity contribution in [1.82, 2.24) is 0 Å². The van der Waals surface area contributed by atoms with Gasteiger partial charge in [0, 0.05) is 18.4 Å². The monoisotopic (exact) mass is 369 g/mol. The number of nitrogens with zero attached hydrogens (tertiary/aromatic N) is 1. The van der Waals surface area contributed by atoms with Gasteiger partial charge in [0.1, 0.15) is 5.78 Å². The predicted octanol–water partition coefficient (Wildman–Crippen LogP) is 3.88. The first-order chi connectivity index (χ1) is 12.1. The highest BCUT2D eigenvalue weighted by Gasteiger charge is 2.56. The van der Waals surface area contributed by atoms with E-state index in [1.165, 1.54) is 4.31 Å². The van der Waals surface area contributed by atoms with Crippen molar-refractivity contribution in [3.05, 3.63) is 58.7 Å². The van der Waals surface area contributed by atoms with Gasteiger partial charge >= 0.3 is 0 Å². The van der Waals surface area contributed by atoms with Crippen LogP contribution in [-0.2, 0) is 14.8 Å². The van der Waals surface area contributed by atoms with Crippen LogP contribution in [-0.4, -0.2) is 20.7 Å². The molecule has 0 aromatic heterocycles. The Bertz CT molecular complexity index is 1020. The highest BCUT2D eigenvalue weighted by atomic mass is 32.2. The van der Waals surface area contributed by atoms with E-state index in [9.17, 15) is 13.2 Å². The fourth-order valence-corrected chi connectivity index (χ4v) is 5.91. The van der Waals surface area contributed by atoms with E-state index in [-0.39, 0.29) is 17.1 Å². The predicted molar refractivity (Wildman–Crippen MR) is 102 cm³/mol. The van der Waals surface area contributed by atoms with E-state index in [2.05, 4.69) is 0 Å². The van der Waals surface area contributed by atoms with E-state index in [4.69, 9.17) is 0 Å². The average Bonchev–Trinajstić information content (AvgIpc) is 2.55. The van der Waals surface area contributed by atoms with Crippen molar-refractivity contribution in [2.45, 2.75) is 44.9 Å². The Labute approximate surface area is 154 Å². The largest absolute Gasteiger partial charge is 0.299 e. The first kappa shape index (κ1) is 17.3. The Morgan fingerprint density at radius 3 is 2.27 bits per heavy atom. The Morgan fingerprint density at radius 1 is 1.04 bits per heavy atom. The molecule has 2 aromatic carbocycles. The van der Waals surface area contributed by atoms with Crippen molar-refractivity contribution in [2.75, 3.05) is 10.8 Å². The molecule has 0 unspecified atom stereocenters. The van der Waals surface area contributed by atoms with E-state index in [0.29, 0.717) is 23.5 Å². The fraction of sp³-hybridized carbons (Fsp3) is 0.381. The van der Waals surface area contributed by atoms with Crippen LogP contribution in [0.2, 0.25) is 0 Å². The third-order valence-corrected chi connectivity index (χ3v) is 7.71. The number of anilines is 1. The zero-order valence-corrected chi connectivity index (χ0v) is 16.4. The van der Waals surface area contributed by atoms with Gasteiger partial charge in [0.2, 0.25) is 0 Å². The minimum Gasteiger partial charge on any atom is -0.299 e. The molecular weight excluding hydrogens is 346 g/mol. The summed E-state index contributed by atoms with van der Waals surface area (Å²) in [6, 6.07) is 10.9. The second-order valence-electron chi connectivity index (χ2n) is 8.05. The van der Waals surface area contributed by atoms with Crippen LogP contribution in [0.4, 0.5) is 5.69 Å². The van der Waals surface area contributed by atoms with E-state index in [0.717, 1.165) is 22.3 Å². The minimum atomic E-state index is -3.68. The first-order valence-corrected chi connectivity index (χ1v) is 10.3. The molecule has 1 heterocycles. The van der Waals surface area contributed by atoms with Gasteiger partial charge in [0.05, 0.1) is 16.5 Å². The number of sulfonamides is 1. The van der Waals surface area contributed by atoms with Crippen LogP contribution in [0.1, 0.15) is 41.5 Å². The van der Waals surface area contributed by atoms with Crippen LogP contribution < -0.4 is 4.31 Å². The first-order valence-electron chi connectivity index (χ1n) is 8.87. The number of aryl methyl sites for hydroxylation is 3. The summed E-state index contributed by atoms with van der Waals surface area (Å²) in [6.07, 6.45) is 0.434. The minimum absolute atomic E-state index is 0.193. The average molecular weight is 369 g/mol. The van der Waals surface area contributed by atoms with Crippen molar-refractivity contribution in [3.8, 4) is 0 Å². The van der Waals surface area contributed by atoms with E-state index >= 15 is 0 Å². The molecule has 0 radical (unpaired) electrons. The topological polar surface area (TPSA) is 54.5 Å². The molecule has 1 aliphatic heterocycles. The number of carbonyl (C=O) groups excluding carboxylic acids is 1. The van der Waals surface area contributed by atoms with Crippen LogP contribution in [0.15, 0.2) is 41.3 Å². The Morgan fingerprint density at radius 2 is 1.65 bits per heavy atom. The zero-order valence-electron chi connectivity index (χ0n) is 15.5. The lowest BCUT2D eigenvalue weighted by Crippen LogP contribution is -2.56. The standard InChI is InChI=1S/C21H23NO3S/c1-13-5-7-16(8-6-13)26(24,25)22-12-21(4)11-19(23)20(21)17-9-14(2)15(3)10-18(17)22/h5-10,20H,11-12H2,1-4H3/t20-,21-/m1/s1. The van der Waals surface area contributed by atoms with Crippen LogP contribution in [0.5, 0.6) is 0 Å². The molecule has 0 saturated heterocycles. The van der Waals surface area contributed by atoms with Gasteiger partial charge in [-0.05, 0) is 55.7 Å². The molecule has 2 aliphatic rings. The van der Waals surface area contributed by atoms with Crippen molar-refractivity contribution in [1.29, 1.82) is 0 Å². The van der Waals surface area contributed by atoms with Crippen LogP contribution in [0, 0.1) is 26.2 Å². The Kier molecular flexibility index (Phi) is 3.61. The van der Waals surface area contributed by atoms with Crippen LogP contribution >= 0.6 is 0 Å². The quantitative estimate of drug-likeness (QED) is 0.807. The number of carbonyl (C=O) groups is 1. The number of hydrogen-bond acceptors (Lipinski definition) is 3. The molecule has 0 amide bonds. The summed E-state index contributed by atoms with van der Waals surface area (Å²) in [4.78, 5) is 12.6. The lowest BCUT2D eigenvalue weighted by molar-refractivity contribution is -0.135. The zero-order chi connectivity index (χ0) is 18.9. The molecule has 136 valence electrons. The maximum Gasteiger partial charge on any atom is 0.264 e. The summed E-state index contributed by atoms with van der Waals surface area (Å²) in [5.74, 6) is 0.0191. The molecule has 2 atom stereocenters. The normalized spacial score (nSPS) is 24.7. The molecule has 0 N–H and O–H groups in total. The summed E-state index contributed by atoms with van der Waals surface area (Å²) in [7, 11) is -3.68. The van der Waals surface area contributed by atoms with Crippen molar-refractivity contribution in [2.24, 2.45) is 5.41 Å². The molecule has 1 aliphatic carbocycles. The Hall–Kier alpha value is -2.14. The SMILES string of the molecule is Cc1ccc(S(=O)(=O)N2C[C@@]3(C)CC(=O)[C@H]3c3cc(C)c(C)cc32)cc1. The summed E-state index contributed by atoms with van der Waals surface area (Å²) < 4.78 is 28.3. The fourth-order valence-electron chi connectivity index (χ4n) is 4.29. The second-order valence-corrected chi connectivity index (χ2v) is 9.91. The smallest absolute Gasteiger partial charge is 0.264 e. The summed E-state index contributed by atoms with van der Waals surface area (Å²) in [5.41, 5.74) is 4.32. The number of hydrogen-bond donors (Lipinski definition) is 0. The maximum absolute atomic E-state index is 13.4. The van der Waals surface area contributed by atoms with Gasteiger partial charge < -0.3 is 0 Å². The number of benzene rings is 2. The van der Waals surface area contributed by atoms with Gasteiger partial charge in [0.25, 0.3) is 10.0 Å². The lowest BCUT2D eigenvalue weighted by Gasteiger charge is -2.53.